The Hall–Kier alpha value is -3.24. The van der Waals surface area contributed by atoms with Crippen LogP contribution in [0.15, 0.2) is 24.3 Å². The Labute approximate surface area is 211 Å². The number of amides is 2. The van der Waals surface area contributed by atoms with Crippen molar-refractivity contribution in [2.24, 2.45) is 0 Å². The van der Waals surface area contributed by atoms with E-state index in [-0.39, 0.29) is 17.1 Å². The van der Waals surface area contributed by atoms with Crippen LogP contribution < -0.4 is 15.4 Å². The monoisotopic (exact) mass is 530 g/mol. The first-order valence-corrected chi connectivity index (χ1v) is 10.9. The number of carbonyl (C=O) groups excluding carboxylic acids is 2. The van der Waals surface area contributed by atoms with Crippen molar-refractivity contribution in [2.45, 2.75) is 52.7 Å². The Kier molecular flexibility index (Phi) is 8.14. The quantitative estimate of drug-likeness (QED) is 0.409. The highest BCUT2D eigenvalue weighted by molar-refractivity contribution is 6.37. The van der Waals surface area contributed by atoms with Gasteiger partial charge in [-0.15, -0.1) is 0 Å². The van der Waals surface area contributed by atoms with Crippen LogP contribution in [0.2, 0.25) is 10.0 Å². The molecule has 0 fully saturated rings. The van der Waals surface area contributed by atoms with Crippen LogP contribution in [0.4, 0.5) is 25.4 Å². The summed E-state index contributed by atoms with van der Waals surface area (Å²) in [4.78, 5) is 37.8. The number of aromatic carboxylic acids is 1. The number of nitrogen functional groups attached to an aromatic ring is 1. The first-order chi connectivity index (χ1) is 15.9. The van der Waals surface area contributed by atoms with Gasteiger partial charge >= 0.3 is 18.2 Å². The van der Waals surface area contributed by atoms with Gasteiger partial charge in [-0.25, -0.2) is 18.8 Å². The fourth-order valence-electron chi connectivity index (χ4n) is 2.65. The maximum absolute atomic E-state index is 14.7. The summed E-state index contributed by atoms with van der Waals surface area (Å²) >= 11 is 12.5. The number of nitrogens with zero attached hydrogens (tertiary/aromatic N) is 1. The Morgan fingerprint density at radius 2 is 1.43 bits per heavy atom. The van der Waals surface area contributed by atoms with Gasteiger partial charge < -0.3 is 25.1 Å². The molecular formula is C23H25Cl2FN2O7. The van der Waals surface area contributed by atoms with Crippen LogP contribution >= 0.6 is 23.2 Å². The van der Waals surface area contributed by atoms with Crippen molar-refractivity contribution >= 4 is 52.7 Å². The Balaban J connectivity index is 2.63. The molecule has 0 unspecified atom stereocenters. The minimum absolute atomic E-state index is 0.142. The lowest BCUT2D eigenvalue weighted by Gasteiger charge is -2.29. The summed E-state index contributed by atoms with van der Waals surface area (Å²) in [7, 11) is 0. The van der Waals surface area contributed by atoms with Crippen LogP contribution in [0.3, 0.4) is 0 Å². The van der Waals surface area contributed by atoms with E-state index in [0.29, 0.717) is 4.90 Å². The van der Waals surface area contributed by atoms with Crippen molar-refractivity contribution in [1.82, 2.24) is 0 Å². The van der Waals surface area contributed by atoms with Crippen molar-refractivity contribution in [2.75, 3.05) is 10.6 Å². The van der Waals surface area contributed by atoms with Gasteiger partial charge in [0.15, 0.2) is 11.6 Å². The lowest BCUT2D eigenvalue weighted by molar-refractivity contribution is 0.0429. The smallest absolute Gasteiger partial charge is 0.424 e. The summed E-state index contributed by atoms with van der Waals surface area (Å²) in [5.74, 6) is -3.34. The second-order valence-electron chi connectivity index (χ2n) is 9.25. The van der Waals surface area contributed by atoms with Crippen LogP contribution in [0.25, 0.3) is 0 Å². The number of imide groups is 1. The molecule has 9 nitrogen and oxygen atoms in total. The van der Waals surface area contributed by atoms with E-state index in [4.69, 9.17) is 43.1 Å². The molecule has 0 atom stereocenters. The molecule has 0 aliphatic carbocycles. The molecule has 0 heterocycles. The number of carboxylic acids is 1. The van der Waals surface area contributed by atoms with Crippen LogP contribution in [0.1, 0.15) is 51.9 Å². The molecule has 0 spiro atoms. The molecule has 12 heteroatoms. The molecule has 2 aromatic carbocycles. The molecule has 2 aromatic rings. The lowest BCUT2D eigenvalue weighted by Crippen LogP contribution is -2.44. The van der Waals surface area contributed by atoms with Crippen molar-refractivity contribution in [3.8, 4) is 11.5 Å². The molecule has 0 saturated carbocycles. The zero-order valence-electron chi connectivity index (χ0n) is 19.9. The number of carbonyl (C=O) groups is 3. The summed E-state index contributed by atoms with van der Waals surface area (Å²) in [6, 6.07) is 4.37. The number of hydrogen-bond donors (Lipinski definition) is 2. The predicted octanol–water partition coefficient (Wildman–Crippen LogP) is 6.88. The second-order valence-corrected chi connectivity index (χ2v) is 10.0. The number of benzene rings is 2. The molecule has 0 bridgehead atoms. The predicted molar refractivity (Wildman–Crippen MR) is 129 cm³/mol. The highest BCUT2D eigenvalue weighted by atomic mass is 35.5. The minimum atomic E-state index is -1.43. The second kappa shape index (κ2) is 10.2. The molecule has 2 rings (SSSR count). The van der Waals surface area contributed by atoms with E-state index in [1.54, 1.807) is 41.5 Å². The van der Waals surface area contributed by atoms with E-state index in [2.05, 4.69) is 0 Å². The number of anilines is 2. The number of halogens is 3. The third-order valence-electron chi connectivity index (χ3n) is 3.99. The van der Waals surface area contributed by atoms with Gasteiger partial charge in [-0.3, -0.25) is 0 Å². The summed E-state index contributed by atoms with van der Waals surface area (Å²) in [6.45, 7) is 9.51. The van der Waals surface area contributed by atoms with Crippen LogP contribution in [0, 0.1) is 5.82 Å². The largest absolute Gasteiger partial charge is 0.478 e. The number of rotatable bonds is 4. The molecule has 3 N–H and O–H groups in total. The molecule has 0 aliphatic heterocycles. The standard InChI is InChI=1S/C23H25Cl2FN2O7/c1-22(2,3)34-20(31)28(21(32)35-23(4,5)6)13-9-7-11(26)18(16(13)24)33-14-10-8-12(27)15(17(14)25)19(29)30/h7-10H,27H2,1-6H3,(H,29,30). The maximum Gasteiger partial charge on any atom is 0.424 e. The van der Waals surface area contributed by atoms with Crippen molar-refractivity contribution in [1.29, 1.82) is 0 Å². The topological polar surface area (TPSA) is 128 Å². The molecule has 2 amide bonds. The van der Waals surface area contributed by atoms with E-state index in [0.717, 1.165) is 12.1 Å². The number of nitrogens with two attached hydrogens (primary N) is 1. The average molecular weight is 531 g/mol. The molecule has 0 aliphatic rings. The van der Waals surface area contributed by atoms with Gasteiger partial charge in [0.05, 0.1) is 10.7 Å². The Bertz CT molecular complexity index is 1150. The van der Waals surface area contributed by atoms with E-state index < -0.39 is 56.5 Å². The van der Waals surface area contributed by atoms with E-state index in [1.807, 2.05) is 0 Å². The van der Waals surface area contributed by atoms with E-state index >= 15 is 0 Å². The lowest BCUT2D eigenvalue weighted by atomic mass is 10.1. The summed E-state index contributed by atoms with van der Waals surface area (Å²) in [6.07, 6.45) is -2.27. The van der Waals surface area contributed by atoms with Gasteiger partial charge in [0.1, 0.15) is 27.5 Å². The normalized spacial score (nSPS) is 11.6. The fraction of sp³-hybridized carbons (Fsp3) is 0.348. The minimum Gasteiger partial charge on any atom is -0.478 e. The molecule has 0 aromatic heterocycles. The highest BCUT2D eigenvalue weighted by Crippen LogP contribution is 2.43. The zero-order chi connectivity index (χ0) is 26.9. The molecule has 0 radical (unpaired) electrons. The molecule has 35 heavy (non-hydrogen) atoms. The summed E-state index contributed by atoms with van der Waals surface area (Å²) < 4.78 is 30.8. The van der Waals surface area contributed by atoms with Gasteiger partial charge in [-0.2, -0.15) is 4.90 Å². The van der Waals surface area contributed by atoms with Crippen molar-refractivity contribution < 1.29 is 38.1 Å². The third kappa shape index (κ3) is 6.89. The number of ether oxygens (including phenoxy) is 3. The fourth-order valence-corrected chi connectivity index (χ4v) is 3.22. The summed E-state index contributed by atoms with van der Waals surface area (Å²) in [5, 5.41) is 8.43. The maximum atomic E-state index is 14.7. The number of hydrogen-bond acceptors (Lipinski definition) is 7. The molecule has 190 valence electrons. The number of carboxylic acid groups (broad SMARTS) is 1. The first-order valence-electron chi connectivity index (χ1n) is 10.2. The third-order valence-corrected chi connectivity index (χ3v) is 4.73. The van der Waals surface area contributed by atoms with E-state index in [1.165, 1.54) is 12.1 Å². The van der Waals surface area contributed by atoms with E-state index in [9.17, 15) is 23.9 Å². The summed E-state index contributed by atoms with van der Waals surface area (Å²) in [5.41, 5.74) is 2.75. The average Bonchev–Trinajstić information content (AvgIpc) is 2.65. The van der Waals surface area contributed by atoms with Crippen molar-refractivity contribution in [3.63, 3.8) is 0 Å². The van der Waals surface area contributed by atoms with Gasteiger partial charge in [-0.1, -0.05) is 23.2 Å². The van der Waals surface area contributed by atoms with Crippen LogP contribution in [0.5, 0.6) is 11.5 Å². The molecular weight excluding hydrogens is 506 g/mol. The van der Waals surface area contributed by atoms with Gasteiger partial charge in [0.25, 0.3) is 0 Å². The van der Waals surface area contributed by atoms with Gasteiger partial charge in [-0.05, 0) is 65.8 Å². The highest BCUT2D eigenvalue weighted by Gasteiger charge is 2.35. The Morgan fingerprint density at radius 3 is 1.89 bits per heavy atom. The van der Waals surface area contributed by atoms with Crippen LogP contribution in [-0.4, -0.2) is 34.5 Å². The zero-order valence-corrected chi connectivity index (χ0v) is 21.4. The van der Waals surface area contributed by atoms with Gasteiger partial charge in [0.2, 0.25) is 0 Å². The first kappa shape index (κ1) is 28.0. The van der Waals surface area contributed by atoms with Crippen molar-refractivity contribution in [3.05, 3.63) is 45.7 Å². The Morgan fingerprint density at radius 1 is 0.914 bits per heavy atom. The van der Waals surface area contributed by atoms with Crippen LogP contribution in [-0.2, 0) is 9.47 Å². The molecule has 0 saturated heterocycles. The van der Waals surface area contributed by atoms with Gasteiger partial charge in [0, 0.05) is 5.69 Å². The SMILES string of the molecule is CC(C)(C)OC(=O)N(C(=O)OC(C)(C)C)c1ccc(F)c(Oc2ccc(N)c(C(=O)O)c2Cl)c1Cl.